The molecule has 1 aromatic carbocycles. The van der Waals surface area contributed by atoms with Gasteiger partial charge in [-0.25, -0.2) is 8.78 Å². The van der Waals surface area contributed by atoms with Gasteiger partial charge in [0.15, 0.2) is 0 Å². The van der Waals surface area contributed by atoms with E-state index in [0.29, 0.717) is 6.07 Å². The van der Waals surface area contributed by atoms with Crippen molar-refractivity contribution in [2.75, 3.05) is 24.3 Å². The fraction of sp³-hybridized carbons (Fsp3) is 0.250. The van der Waals surface area contributed by atoms with Gasteiger partial charge in [0, 0.05) is 31.5 Å². The van der Waals surface area contributed by atoms with Crippen molar-refractivity contribution in [1.29, 1.82) is 0 Å². The summed E-state index contributed by atoms with van der Waals surface area (Å²) in [6, 6.07) is 4.31. The molecule has 0 aliphatic carbocycles. The molecule has 0 saturated carbocycles. The summed E-state index contributed by atoms with van der Waals surface area (Å²) in [4.78, 5) is 33.4. The fourth-order valence-electron chi connectivity index (χ4n) is 3.78. The maximum atomic E-state index is 14.7. The van der Waals surface area contributed by atoms with Crippen LogP contribution in [0.15, 0.2) is 48.9 Å². The standard InChI is InChI=1S/C24H21F5N6O3.2ClH/c25-14-1-2-19(17(6-14)24(27,28)29)34-16-7-18(26)20(32-10-16)11-33-22(37)23(3-4-38-12-23)35-21(36)13-5-15(30)9-31-8-13;;/h1-2,5-10,34H,3-4,11-12,30H2,(H,33,37)(H,35,36);2*1H. The number of alkyl halides is 3. The molecule has 4 rings (SSSR count). The largest absolute Gasteiger partial charge is 0.418 e. The van der Waals surface area contributed by atoms with Gasteiger partial charge in [-0.3, -0.25) is 19.6 Å². The maximum Gasteiger partial charge on any atom is 0.418 e. The lowest BCUT2D eigenvalue weighted by Crippen LogP contribution is -2.59. The van der Waals surface area contributed by atoms with Crippen molar-refractivity contribution < 1.29 is 36.3 Å². The summed E-state index contributed by atoms with van der Waals surface area (Å²) in [5.74, 6) is -3.25. The second-order valence-electron chi connectivity index (χ2n) is 8.49. The zero-order valence-electron chi connectivity index (χ0n) is 20.4. The number of rotatable bonds is 7. The Morgan fingerprint density at radius 2 is 1.82 bits per heavy atom. The average Bonchev–Trinajstić information content (AvgIpc) is 3.33. The number of halogens is 7. The first-order valence-electron chi connectivity index (χ1n) is 11.1. The third kappa shape index (κ3) is 7.46. The quantitative estimate of drug-likeness (QED) is 0.296. The SMILES string of the molecule is Cl.Cl.Nc1cncc(C(=O)NC2(C(=O)NCc3ncc(Nc4ccc(F)cc4C(F)(F)F)cc3F)CCOC2)c1. The zero-order chi connectivity index (χ0) is 27.5. The Morgan fingerprint density at radius 1 is 1.07 bits per heavy atom. The van der Waals surface area contributed by atoms with Gasteiger partial charge in [0.25, 0.3) is 5.91 Å². The van der Waals surface area contributed by atoms with Crippen LogP contribution in [-0.2, 0) is 22.3 Å². The molecule has 3 aromatic rings. The van der Waals surface area contributed by atoms with Gasteiger partial charge in [0.1, 0.15) is 17.2 Å². The van der Waals surface area contributed by atoms with E-state index in [0.717, 1.165) is 24.4 Å². The van der Waals surface area contributed by atoms with Gasteiger partial charge in [0.2, 0.25) is 5.91 Å². The van der Waals surface area contributed by atoms with Gasteiger partial charge >= 0.3 is 6.18 Å². The molecule has 1 aliphatic heterocycles. The molecule has 2 aromatic heterocycles. The van der Waals surface area contributed by atoms with Crippen LogP contribution < -0.4 is 21.7 Å². The minimum atomic E-state index is -4.85. The number of carbonyl (C=O) groups is 2. The summed E-state index contributed by atoms with van der Waals surface area (Å²) in [6.07, 6.45) is -0.990. The molecule has 1 unspecified atom stereocenters. The van der Waals surface area contributed by atoms with Crippen LogP contribution in [0.1, 0.15) is 28.0 Å². The number of hydrogen-bond donors (Lipinski definition) is 4. The first-order chi connectivity index (χ1) is 18.0. The molecular weight excluding hydrogens is 586 g/mol. The average molecular weight is 609 g/mol. The van der Waals surface area contributed by atoms with Gasteiger partial charge in [0.05, 0.1) is 53.2 Å². The van der Waals surface area contributed by atoms with Gasteiger partial charge < -0.3 is 26.4 Å². The Balaban J connectivity index is 0.00000280. The predicted molar refractivity (Wildman–Crippen MR) is 140 cm³/mol. The third-order valence-corrected chi connectivity index (χ3v) is 5.73. The molecule has 3 heterocycles. The maximum absolute atomic E-state index is 14.7. The van der Waals surface area contributed by atoms with E-state index < -0.39 is 46.4 Å². The summed E-state index contributed by atoms with van der Waals surface area (Å²) in [5.41, 5.74) is 2.51. The number of pyridine rings is 2. The molecule has 5 N–H and O–H groups in total. The topological polar surface area (TPSA) is 131 Å². The Hall–Kier alpha value is -3.75. The third-order valence-electron chi connectivity index (χ3n) is 5.73. The lowest BCUT2D eigenvalue weighted by atomic mass is 9.96. The molecule has 1 saturated heterocycles. The number of benzene rings is 1. The van der Waals surface area contributed by atoms with E-state index in [4.69, 9.17) is 10.5 Å². The molecule has 0 bridgehead atoms. The van der Waals surface area contributed by atoms with Gasteiger partial charge in [-0.05, 0) is 24.3 Å². The van der Waals surface area contributed by atoms with E-state index in [-0.39, 0.29) is 73.6 Å². The van der Waals surface area contributed by atoms with Crippen molar-refractivity contribution >= 4 is 53.7 Å². The second-order valence-corrected chi connectivity index (χ2v) is 8.49. The molecule has 216 valence electrons. The monoisotopic (exact) mass is 608 g/mol. The molecule has 16 heteroatoms. The van der Waals surface area contributed by atoms with Crippen molar-refractivity contribution in [1.82, 2.24) is 20.6 Å². The molecular formula is C24H23Cl2F5N6O3. The van der Waals surface area contributed by atoms with Gasteiger partial charge in [-0.15, -0.1) is 24.8 Å². The van der Waals surface area contributed by atoms with Crippen LogP contribution in [0, 0.1) is 11.6 Å². The van der Waals surface area contributed by atoms with Crippen LogP contribution in [0.2, 0.25) is 0 Å². The van der Waals surface area contributed by atoms with Crippen LogP contribution in [-0.4, -0.2) is 40.5 Å². The van der Waals surface area contributed by atoms with E-state index in [1.807, 2.05) is 0 Å². The van der Waals surface area contributed by atoms with Crippen LogP contribution in [0.25, 0.3) is 0 Å². The van der Waals surface area contributed by atoms with Gasteiger partial charge in [-0.1, -0.05) is 0 Å². The normalized spacial score (nSPS) is 16.3. The predicted octanol–water partition coefficient (Wildman–Crippen LogP) is 4.15. The molecule has 1 aliphatic rings. The van der Waals surface area contributed by atoms with Crippen molar-refractivity contribution in [3.63, 3.8) is 0 Å². The van der Waals surface area contributed by atoms with Crippen LogP contribution >= 0.6 is 24.8 Å². The number of nitrogen functional groups attached to an aromatic ring is 1. The molecule has 0 spiro atoms. The lowest BCUT2D eigenvalue weighted by Gasteiger charge is -2.27. The Labute approximate surface area is 236 Å². The van der Waals surface area contributed by atoms with E-state index in [1.165, 1.54) is 18.5 Å². The second kappa shape index (κ2) is 13.1. The first-order valence-corrected chi connectivity index (χ1v) is 11.1. The fourth-order valence-corrected chi connectivity index (χ4v) is 3.78. The van der Waals surface area contributed by atoms with E-state index in [9.17, 15) is 31.5 Å². The Kier molecular flexibility index (Phi) is 10.6. The zero-order valence-corrected chi connectivity index (χ0v) is 22.0. The molecule has 1 atom stereocenters. The highest BCUT2D eigenvalue weighted by Crippen LogP contribution is 2.36. The number of anilines is 3. The lowest BCUT2D eigenvalue weighted by molar-refractivity contribution is -0.137. The number of hydrogen-bond acceptors (Lipinski definition) is 7. The van der Waals surface area contributed by atoms with E-state index in [2.05, 4.69) is 25.9 Å². The molecule has 1 fully saturated rings. The summed E-state index contributed by atoms with van der Waals surface area (Å²) in [6.45, 7) is -0.315. The number of ether oxygens (including phenoxy) is 1. The van der Waals surface area contributed by atoms with Crippen LogP contribution in [0.4, 0.5) is 39.0 Å². The van der Waals surface area contributed by atoms with Crippen molar-refractivity contribution in [3.8, 4) is 0 Å². The number of aromatic nitrogens is 2. The van der Waals surface area contributed by atoms with E-state index >= 15 is 0 Å². The molecule has 40 heavy (non-hydrogen) atoms. The number of nitrogens with one attached hydrogen (secondary N) is 3. The van der Waals surface area contributed by atoms with E-state index in [1.54, 1.807) is 0 Å². The van der Waals surface area contributed by atoms with Crippen molar-refractivity contribution in [3.05, 3.63) is 77.4 Å². The Morgan fingerprint density at radius 3 is 2.45 bits per heavy atom. The van der Waals surface area contributed by atoms with Crippen molar-refractivity contribution in [2.24, 2.45) is 0 Å². The highest BCUT2D eigenvalue weighted by Gasteiger charge is 2.44. The van der Waals surface area contributed by atoms with Crippen LogP contribution in [0.3, 0.4) is 0 Å². The smallest absolute Gasteiger partial charge is 0.397 e. The minimum absolute atomic E-state index is 0. The molecule has 9 nitrogen and oxygen atoms in total. The highest BCUT2D eigenvalue weighted by molar-refractivity contribution is 5.99. The van der Waals surface area contributed by atoms with Crippen LogP contribution in [0.5, 0.6) is 0 Å². The van der Waals surface area contributed by atoms with Crippen molar-refractivity contribution in [2.45, 2.75) is 24.7 Å². The Bertz CT molecular complexity index is 1370. The number of nitrogens with zero attached hydrogens (tertiary/aromatic N) is 2. The van der Waals surface area contributed by atoms with Gasteiger partial charge in [-0.2, -0.15) is 13.2 Å². The summed E-state index contributed by atoms with van der Waals surface area (Å²) in [5, 5.41) is 7.51. The highest BCUT2D eigenvalue weighted by atomic mass is 35.5. The summed E-state index contributed by atoms with van der Waals surface area (Å²) < 4.78 is 73.0. The summed E-state index contributed by atoms with van der Waals surface area (Å²) in [7, 11) is 0. The minimum Gasteiger partial charge on any atom is -0.397 e. The molecule has 0 radical (unpaired) electrons. The number of carbonyl (C=O) groups excluding carboxylic acids is 2. The first kappa shape index (κ1) is 32.5. The summed E-state index contributed by atoms with van der Waals surface area (Å²) >= 11 is 0. The molecule has 2 amide bonds. The number of nitrogens with two attached hydrogens (primary N) is 1. The number of amides is 2.